The minimum absolute atomic E-state index is 0.473. The summed E-state index contributed by atoms with van der Waals surface area (Å²) in [4.78, 5) is 2.29. The molecule has 2 heterocycles. The number of fused-ring (bicyclic) bond motifs is 15. The van der Waals surface area contributed by atoms with E-state index in [0.717, 1.165) is 50.1 Å². The van der Waals surface area contributed by atoms with Crippen LogP contribution in [0.15, 0.2) is 205 Å². The van der Waals surface area contributed by atoms with Crippen molar-refractivity contribution in [2.45, 2.75) is 5.41 Å². The highest BCUT2D eigenvalue weighted by Crippen LogP contribution is 2.64. The van der Waals surface area contributed by atoms with E-state index in [1.807, 2.05) is 18.2 Å². The van der Waals surface area contributed by atoms with Crippen LogP contribution in [0.1, 0.15) is 22.3 Å². The molecular weight excluding hydrogens is 723 g/mol. The SMILES string of the molecule is c1ccc(N(c2ccc3c(c2)Oc2cc4c(cc2O3)-c2ccccc2C42c3ccccc3-c3ccccc32)c2ccccc2-c2ccc3c(c2)oc2ccccc23)cc1. The molecule has 0 radical (unpaired) electrons. The van der Waals surface area contributed by atoms with Gasteiger partial charge in [0.15, 0.2) is 23.0 Å². The lowest BCUT2D eigenvalue weighted by atomic mass is 9.70. The number of hydrogen-bond donors (Lipinski definition) is 0. The van der Waals surface area contributed by atoms with Crippen molar-refractivity contribution in [3.05, 3.63) is 222 Å². The van der Waals surface area contributed by atoms with E-state index in [1.54, 1.807) is 0 Å². The Balaban J connectivity index is 0.947. The molecule has 0 saturated carbocycles. The summed E-state index contributed by atoms with van der Waals surface area (Å²) in [5, 5.41) is 2.23. The summed E-state index contributed by atoms with van der Waals surface area (Å²) in [6, 6.07) is 71.0. The highest BCUT2D eigenvalue weighted by atomic mass is 16.6. The average Bonchev–Trinajstić information content (AvgIpc) is 3.92. The second kappa shape index (κ2) is 12.1. The number of benzene rings is 9. The van der Waals surface area contributed by atoms with Crippen LogP contribution >= 0.6 is 0 Å². The standard InChI is InChI=1S/C55H33NO3/c1-2-14-35(15-3-1)56(48-24-12-7-16-37(48)34-26-28-42-41-20-8-13-25-49(41)57-51(42)30-34)36-27-29-50-52(31-36)59-54-33-47-43(32-53(54)58-50)40-19-6-11-23-46(40)55(47)44-21-9-4-17-38(44)39-18-5-10-22-45(39)55/h1-33H. The van der Waals surface area contributed by atoms with E-state index in [9.17, 15) is 0 Å². The van der Waals surface area contributed by atoms with Gasteiger partial charge in [0.2, 0.25) is 0 Å². The molecule has 1 aromatic heterocycles. The van der Waals surface area contributed by atoms with E-state index in [1.165, 1.54) is 44.5 Å². The molecule has 4 nitrogen and oxygen atoms in total. The third-order valence-electron chi connectivity index (χ3n) is 12.5. The van der Waals surface area contributed by atoms with Gasteiger partial charge < -0.3 is 18.8 Å². The molecule has 4 heteroatoms. The monoisotopic (exact) mass is 755 g/mol. The minimum Gasteiger partial charge on any atom is -0.456 e. The third kappa shape index (κ3) is 4.48. The fourth-order valence-corrected chi connectivity index (χ4v) is 10.1. The Morgan fingerprint density at radius 1 is 0.339 bits per heavy atom. The molecule has 0 atom stereocenters. The molecule has 0 amide bonds. The lowest BCUT2D eigenvalue weighted by molar-refractivity contribution is 0.359. The minimum atomic E-state index is -0.473. The van der Waals surface area contributed by atoms with Crippen LogP contribution in [0.5, 0.6) is 23.0 Å². The summed E-state index contributed by atoms with van der Waals surface area (Å²) in [5.41, 5.74) is 16.4. The van der Waals surface area contributed by atoms with Crippen molar-refractivity contribution in [1.82, 2.24) is 0 Å². The topological polar surface area (TPSA) is 34.8 Å². The van der Waals surface area contributed by atoms with Crippen LogP contribution in [0.4, 0.5) is 17.1 Å². The normalized spacial score (nSPS) is 13.5. The molecule has 13 rings (SSSR count). The molecule has 59 heavy (non-hydrogen) atoms. The van der Waals surface area contributed by atoms with Crippen molar-refractivity contribution in [2.75, 3.05) is 4.90 Å². The Kier molecular flexibility index (Phi) is 6.62. The summed E-state index contributed by atoms with van der Waals surface area (Å²) in [6.07, 6.45) is 0. The van der Waals surface area contributed by atoms with Gasteiger partial charge in [-0.2, -0.15) is 0 Å². The van der Waals surface area contributed by atoms with Crippen LogP contribution in [0.3, 0.4) is 0 Å². The number of anilines is 3. The number of furan rings is 1. The van der Waals surface area contributed by atoms with E-state index in [-0.39, 0.29) is 0 Å². The predicted octanol–water partition coefficient (Wildman–Crippen LogP) is 15.0. The highest BCUT2D eigenvalue weighted by molar-refractivity contribution is 6.06. The Morgan fingerprint density at radius 3 is 1.68 bits per heavy atom. The van der Waals surface area contributed by atoms with Crippen LogP contribution < -0.4 is 14.4 Å². The summed E-state index contributed by atoms with van der Waals surface area (Å²) in [6.45, 7) is 0. The Bertz CT molecular complexity index is 3320. The molecule has 2 aliphatic carbocycles. The van der Waals surface area contributed by atoms with Crippen molar-refractivity contribution in [1.29, 1.82) is 0 Å². The van der Waals surface area contributed by atoms with E-state index in [0.29, 0.717) is 23.0 Å². The van der Waals surface area contributed by atoms with E-state index in [2.05, 4.69) is 187 Å². The van der Waals surface area contributed by atoms with Crippen molar-refractivity contribution in [3.8, 4) is 56.4 Å². The van der Waals surface area contributed by atoms with Crippen molar-refractivity contribution >= 4 is 39.0 Å². The van der Waals surface area contributed by atoms with Crippen LogP contribution in [0.25, 0.3) is 55.3 Å². The van der Waals surface area contributed by atoms with Crippen molar-refractivity contribution < 1.29 is 13.9 Å². The lowest BCUT2D eigenvalue weighted by Crippen LogP contribution is -2.25. The second-order valence-electron chi connectivity index (χ2n) is 15.6. The maximum Gasteiger partial charge on any atom is 0.172 e. The molecule has 1 aliphatic heterocycles. The molecule has 0 unspecified atom stereocenters. The van der Waals surface area contributed by atoms with Gasteiger partial charge in [-0.05, 0) is 111 Å². The van der Waals surface area contributed by atoms with Crippen LogP contribution in [0.2, 0.25) is 0 Å². The van der Waals surface area contributed by atoms with Gasteiger partial charge in [0, 0.05) is 28.1 Å². The average molecular weight is 756 g/mol. The smallest absolute Gasteiger partial charge is 0.172 e. The molecular formula is C55H33NO3. The van der Waals surface area contributed by atoms with Gasteiger partial charge in [0.05, 0.1) is 16.8 Å². The second-order valence-corrected chi connectivity index (χ2v) is 15.6. The first-order chi connectivity index (χ1) is 29.2. The highest BCUT2D eigenvalue weighted by Gasteiger charge is 2.52. The summed E-state index contributed by atoms with van der Waals surface area (Å²) >= 11 is 0. The van der Waals surface area contributed by atoms with E-state index >= 15 is 0 Å². The summed E-state index contributed by atoms with van der Waals surface area (Å²) in [5.74, 6) is 2.75. The molecule has 9 aromatic carbocycles. The van der Waals surface area contributed by atoms with Gasteiger partial charge in [-0.15, -0.1) is 0 Å². The van der Waals surface area contributed by atoms with Gasteiger partial charge in [-0.25, -0.2) is 0 Å². The van der Waals surface area contributed by atoms with Gasteiger partial charge in [0.25, 0.3) is 0 Å². The molecule has 3 aliphatic rings. The molecule has 0 saturated heterocycles. The largest absolute Gasteiger partial charge is 0.456 e. The maximum atomic E-state index is 6.97. The maximum absolute atomic E-state index is 6.97. The molecule has 10 aromatic rings. The zero-order valence-electron chi connectivity index (χ0n) is 31.7. The van der Waals surface area contributed by atoms with Crippen LogP contribution in [-0.2, 0) is 5.41 Å². The van der Waals surface area contributed by atoms with Gasteiger partial charge in [-0.3, -0.25) is 0 Å². The first-order valence-electron chi connectivity index (χ1n) is 20.1. The Morgan fingerprint density at radius 2 is 0.915 bits per heavy atom. The zero-order valence-corrected chi connectivity index (χ0v) is 31.7. The fourth-order valence-electron chi connectivity index (χ4n) is 10.1. The van der Waals surface area contributed by atoms with Gasteiger partial charge in [-0.1, -0.05) is 133 Å². The summed E-state index contributed by atoms with van der Waals surface area (Å²) < 4.78 is 20.1. The molecule has 0 bridgehead atoms. The van der Waals surface area contributed by atoms with Gasteiger partial charge >= 0.3 is 0 Å². The Labute approximate surface area is 340 Å². The first-order valence-corrected chi connectivity index (χ1v) is 20.1. The van der Waals surface area contributed by atoms with Crippen molar-refractivity contribution in [2.24, 2.45) is 0 Å². The summed E-state index contributed by atoms with van der Waals surface area (Å²) in [7, 11) is 0. The fraction of sp³-hybridized carbons (Fsp3) is 0.0182. The number of rotatable bonds is 4. The zero-order chi connectivity index (χ0) is 38.7. The Hall–Kier alpha value is -7.82. The lowest BCUT2D eigenvalue weighted by Gasteiger charge is -2.31. The van der Waals surface area contributed by atoms with E-state index < -0.39 is 5.41 Å². The van der Waals surface area contributed by atoms with Crippen molar-refractivity contribution in [3.63, 3.8) is 0 Å². The van der Waals surface area contributed by atoms with E-state index in [4.69, 9.17) is 13.9 Å². The van der Waals surface area contributed by atoms with Crippen LogP contribution in [0, 0.1) is 0 Å². The van der Waals surface area contributed by atoms with Gasteiger partial charge in [0.1, 0.15) is 11.2 Å². The molecule has 1 spiro atoms. The number of ether oxygens (including phenoxy) is 2. The predicted molar refractivity (Wildman–Crippen MR) is 237 cm³/mol. The first kappa shape index (κ1) is 32.3. The van der Waals surface area contributed by atoms with Crippen LogP contribution in [-0.4, -0.2) is 0 Å². The number of nitrogens with zero attached hydrogens (tertiary/aromatic N) is 1. The third-order valence-corrected chi connectivity index (χ3v) is 12.5. The number of hydrogen-bond acceptors (Lipinski definition) is 4. The quantitative estimate of drug-likeness (QED) is 0.179. The molecule has 276 valence electrons. The molecule has 0 fully saturated rings. The number of para-hydroxylation sites is 3. The molecule has 0 N–H and O–H groups in total.